The Morgan fingerprint density at radius 1 is 1.11 bits per heavy atom. The minimum absolute atomic E-state index is 0.0247. The number of carbonyl (C=O) groups excluding carboxylic acids is 3. The van der Waals surface area contributed by atoms with Crippen LogP contribution >= 0.6 is 0 Å². The number of likely N-dealkylation sites (tertiary alicyclic amines) is 1. The first-order valence-electron chi connectivity index (χ1n) is 13.8. The van der Waals surface area contributed by atoms with Crippen molar-refractivity contribution in [2.75, 3.05) is 19.8 Å². The van der Waals surface area contributed by atoms with E-state index >= 15 is 0 Å². The van der Waals surface area contributed by atoms with E-state index in [1.807, 2.05) is 36.1 Å². The van der Waals surface area contributed by atoms with Gasteiger partial charge in [0.2, 0.25) is 11.8 Å². The Balaban J connectivity index is 1.84. The third-order valence-corrected chi connectivity index (χ3v) is 8.31. The molecule has 8 heteroatoms. The van der Waals surface area contributed by atoms with Gasteiger partial charge in [-0.15, -0.1) is 0 Å². The van der Waals surface area contributed by atoms with Crippen molar-refractivity contribution in [1.29, 1.82) is 0 Å². The summed E-state index contributed by atoms with van der Waals surface area (Å²) in [5, 5.41) is 10.2. The van der Waals surface area contributed by atoms with Crippen LogP contribution in [0.1, 0.15) is 73.6 Å². The number of fused-ring (bicyclic) bond motifs is 2. The van der Waals surface area contributed by atoms with E-state index in [1.165, 1.54) is 4.90 Å². The van der Waals surface area contributed by atoms with Gasteiger partial charge in [0.25, 0.3) is 0 Å². The Kier molecular flexibility index (Phi) is 7.65. The molecule has 37 heavy (non-hydrogen) atoms. The van der Waals surface area contributed by atoms with Crippen LogP contribution in [-0.4, -0.2) is 81.8 Å². The SMILES string of the molecule is CC[C@@H](CO)N1C(=O)[C@@H]2[C@@H]3C(=O)OCCCC/C=C\[C@@H]3O[C@@]23C=CCN(C(C)(C)CC(C)(C)C)C(=O)C13. The number of ether oxygens (including phenoxy) is 2. The molecule has 1 spiro atoms. The van der Waals surface area contributed by atoms with Gasteiger partial charge in [0.1, 0.15) is 17.6 Å². The first-order chi connectivity index (χ1) is 17.4. The summed E-state index contributed by atoms with van der Waals surface area (Å²) in [6, 6.07) is -1.53. The van der Waals surface area contributed by atoms with Gasteiger partial charge in [-0.05, 0) is 51.4 Å². The summed E-state index contributed by atoms with van der Waals surface area (Å²) in [5.74, 6) is -2.74. The zero-order chi connectivity index (χ0) is 27.2. The van der Waals surface area contributed by atoms with E-state index in [0.29, 0.717) is 19.6 Å². The van der Waals surface area contributed by atoms with Gasteiger partial charge in [-0.2, -0.15) is 0 Å². The monoisotopic (exact) mass is 516 g/mol. The lowest BCUT2D eigenvalue weighted by Crippen LogP contribution is -2.61. The van der Waals surface area contributed by atoms with Gasteiger partial charge in [0, 0.05) is 12.1 Å². The van der Waals surface area contributed by atoms with E-state index in [-0.39, 0.29) is 23.8 Å². The molecule has 1 unspecified atom stereocenters. The fraction of sp³-hybridized carbons (Fsp3) is 0.759. The number of hydrogen-bond donors (Lipinski definition) is 1. The normalized spacial score (nSPS) is 34.4. The maximum absolute atomic E-state index is 14.5. The van der Waals surface area contributed by atoms with E-state index in [0.717, 1.165) is 25.7 Å². The van der Waals surface area contributed by atoms with Gasteiger partial charge in [0.15, 0.2) is 0 Å². The van der Waals surface area contributed by atoms with Crippen LogP contribution in [-0.2, 0) is 23.9 Å². The number of amides is 2. The van der Waals surface area contributed by atoms with E-state index in [2.05, 4.69) is 34.6 Å². The van der Waals surface area contributed by atoms with Crippen LogP contribution in [0.5, 0.6) is 0 Å². The average molecular weight is 517 g/mol. The second kappa shape index (κ2) is 10.2. The molecule has 2 fully saturated rings. The molecule has 4 aliphatic rings. The molecule has 6 atom stereocenters. The Hall–Kier alpha value is -2.19. The highest BCUT2D eigenvalue weighted by molar-refractivity contribution is 5.99. The van der Waals surface area contributed by atoms with E-state index in [4.69, 9.17) is 9.47 Å². The number of aliphatic hydroxyl groups excluding tert-OH is 1. The van der Waals surface area contributed by atoms with Gasteiger partial charge in [-0.1, -0.05) is 52.0 Å². The molecule has 4 rings (SSSR count). The molecule has 4 heterocycles. The van der Waals surface area contributed by atoms with Gasteiger partial charge in [0.05, 0.1) is 31.3 Å². The highest BCUT2D eigenvalue weighted by atomic mass is 16.6. The average Bonchev–Trinajstić information content (AvgIpc) is 3.18. The van der Waals surface area contributed by atoms with Gasteiger partial charge in [-0.3, -0.25) is 14.4 Å². The fourth-order valence-electron chi connectivity index (χ4n) is 7.10. The summed E-state index contributed by atoms with van der Waals surface area (Å²) in [7, 11) is 0. The standard InChI is InChI=1S/C29H44N2O6/c1-7-19(17-32)31-23-25(34)30(28(5,6)18-27(2,3)4)15-12-14-29(23)22(24(31)33)21-20(37-29)13-10-8-9-11-16-36-26(21)35/h10,12-14,19-23,32H,7-9,11,15-18H2,1-6H3/b13-10-/t19-,20-,21+,22-,23?,29-/m0/s1. The van der Waals surface area contributed by atoms with Crippen molar-refractivity contribution in [1.82, 2.24) is 9.80 Å². The predicted octanol–water partition coefficient (Wildman–Crippen LogP) is 3.23. The number of esters is 1. The third-order valence-electron chi connectivity index (χ3n) is 8.31. The molecular formula is C29H44N2O6. The van der Waals surface area contributed by atoms with Crippen LogP contribution < -0.4 is 0 Å². The minimum atomic E-state index is -1.31. The predicted molar refractivity (Wildman–Crippen MR) is 139 cm³/mol. The van der Waals surface area contributed by atoms with Gasteiger partial charge >= 0.3 is 5.97 Å². The number of aliphatic hydroxyl groups is 1. The number of carbonyl (C=O) groups is 3. The van der Waals surface area contributed by atoms with Crippen molar-refractivity contribution < 1.29 is 29.0 Å². The summed E-state index contributed by atoms with van der Waals surface area (Å²) < 4.78 is 12.3. The van der Waals surface area contributed by atoms with Crippen molar-refractivity contribution in [3.8, 4) is 0 Å². The molecule has 0 bridgehead atoms. The van der Waals surface area contributed by atoms with E-state index in [1.54, 1.807) is 0 Å². The first kappa shape index (κ1) is 27.8. The number of allylic oxidation sites excluding steroid dienone is 1. The van der Waals surface area contributed by atoms with Crippen molar-refractivity contribution in [2.24, 2.45) is 17.3 Å². The third kappa shape index (κ3) is 4.87. The van der Waals surface area contributed by atoms with Crippen LogP contribution in [0.15, 0.2) is 24.3 Å². The summed E-state index contributed by atoms with van der Waals surface area (Å²) in [6.07, 6.45) is 10.7. The molecule has 206 valence electrons. The molecule has 0 aromatic heterocycles. The van der Waals surface area contributed by atoms with Crippen LogP contribution in [0.4, 0.5) is 0 Å². The van der Waals surface area contributed by atoms with Crippen molar-refractivity contribution >= 4 is 17.8 Å². The summed E-state index contributed by atoms with van der Waals surface area (Å²) in [6.45, 7) is 12.8. The first-order valence-corrected chi connectivity index (χ1v) is 13.8. The van der Waals surface area contributed by atoms with E-state index in [9.17, 15) is 19.5 Å². The lowest BCUT2D eigenvalue weighted by atomic mass is 9.77. The second-order valence-electron chi connectivity index (χ2n) is 12.8. The lowest BCUT2D eigenvalue weighted by Gasteiger charge is -2.45. The summed E-state index contributed by atoms with van der Waals surface area (Å²) in [4.78, 5) is 45.4. The zero-order valence-electron chi connectivity index (χ0n) is 23.2. The molecule has 0 aromatic rings. The summed E-state index contributed by atoms with van der Waals surface area (Å²) >= 11 is 0. The number of cyclic esters (lactones) is 1. The topological polar surface area (TPSA) is 96.4 Å². The molecule has 2 amide bonds. The molecule has 1 N–H and O–H groups in total. The lowest BCUT2D eigenvalue weighted by molar-refractivity contribution is -0.158. The van der Waals surface area contributed by atoms with Crippen LogP contribution in [0.3, 0.4) is 0 Å². The quantitative estimate of drug-likeness (QED) is 0.445. The number of rotatable bonds is 5. The second-order valence-corrected chi connectivity index (χ2v) is 12.8. The highest BCUT2D eigenvalue weighted by Gasteiger charge is 2.72. The molecule has 4 aliphatic heterocycles. The van der Waals surface area contributed by atoms with Crippen LogP contribution in [0.25, 0.3) is 0 Å². The Morgan fingerprint density at radius 3 is 2.49 bits per heavy atom. The highest BCUT2D eigenvalue weighted by Crippen LogP contribution is 2.54. The summed E-state index contributed by atoms with van der Waals surface area (Å²) in [5.41, 5.74) is -1.83. The smallest absolute Gasteiger partial charge is 0.312 e. The Labute approximate surface area is 221 Å². The van der Waals surface area contributed by atoms with Gasteiger partial charge in [-0.25, -0.2) is 0 Å². The number of nitrogens with zero attached hydrogens (tertiary/aromatic N) is 2. The molecular weight excluding hydrogens is 472 g/mol. The zero-order valence-corrected chi connectivity index (χ0v) is 23.2. The van der Waals surface area contributed by atoms with Crippen LogP contribution in [0, 0.1) is 17.3 Å². The van der Waals surface area contributed by atoms with Gasteiger partial charge < -0.3 is 24.4 Å². The molecule has 0 saturated carbocycles. The Bertz CT molecular complexity index is 962. The van der Waals surface area contributed by atoms with Crippen LogP contribution in [0.2, 0.25) is 0 Å². The maximum atomic E-state index is 14.5. The van der Waals surface area contributed by atoms with Crippen molar-refractivity contribution in [2.45, 2.75) is 103 Å². The molecule has 8 nitrogen and oxygen atoms in total. The largest absolute Gasteiger partial charge is 0.465 e. The molecule has 0 aliphatic carbocycles. The Morgan fingerprint density at radius 2 is 1.84 bits per heavy atom. The molecule has 0 radical (unpaired) electrons. The van der Waals surface area contributed by atoms with Crippen molar-refractivity contribution in [3.63, 3.8) is 0 Å². The molecule has 0 aromatic carbocycles. The fourth-order valence-corrected chi connectivity index (χ4v) is 7.10. The van der Waals surface area contributed by atoms with Crippen molar-refractivity contribution in [3.05, 3.63) is 24.3 Å². The van der Waals surface area contributed by atoms with E-state index < -0.39 is 47.1 Å². The maximum Gasteiger partial charge on any atom is 0.312 e. The minimum Gasteiger partial charge on any atom is -0.465 e. The molecule has 2 saturated heterocycles. The number of hydrogen-bond acceptors (Lipinski definition) is 6.